The second-order valence-electron chi connectivity index (χ2n) is 7.93. The van der Waals surface area contributed by atoms with Crippen LogP contribution in [0.4, 0.5) is 5.13 Å². The van der Waals surface area contributed by atoms with E-state index in [9.17, 15) is 14.4 Å². The Morgan fingerprint density at radius 1 is 1.14 bits per heavy atom. The Hall–Kier alpha value is -4.37. The van der Waals surface area contributed by atoms with Gasteiger partial charge in [0, 0.05) is 12.4 Å². The van der Waals surface area contributed by atoms with Crippen LogP contribution >= 0.6 is 11.3 Å². The summed E-state index contributed by atoms with van der Waals surface area (Å²) in [7, 11) is 0. The molecule has 4 heterocycles. The van der Waals surface area contributed by atoms with Crippen LogP contribution in [-0.2, 0) is 4.74 Å². The standard InChI is InChI=1S/C26H17N3O5S/c1-2-33-25(32)14-9-10-17-19(12-14)35-26(28-17)29-21(15-6-5-11-27-13-15)20-22(30)16-7-3-4-8-18(16)34-23(20)24(29)31/h3-13,21H,2H2,1H3/t21-/m1/s1. The van der Waals surface area contributed by atoms with E-state index >= 15 is 0 Å². The summed E-state index contributed by atoms with van der Waals surface area (Å²) in [5.74, 6) is -0.890. The maximum atomic E-state index is 13.7. The Morgan fingerprint density at radius 2 is 2.00 bits per heavy atom. The molecule has 2 aromatic carbocycles. The van der Waals surface area contributed by atoms with Crippen LogP contribution in [0.2, 0.25) is 0 Å². The first-order valence-electron chi connectivity index (χ1n) is 10.9. The largest absolute Gasteiger partial charge is 0.462 e. The van der Waals surface area contributed by atoms with Crippen molar-refractivity contribution in [2.75, 3.05) is 11.5 Å². The lowest BCUT2D eigenvalue weighted by Crippen LogP contribution is -2.29. The van der Waals surface area contributed by atoms with Crippen LogP contribution in [0.25, 0.3) is 21.2 Å². The van der Waals surface area contributed by atoms with Gasteiger partial charge in [-0.25, -0.2) is 9.78 Å². The summed E-state index contributed by atoms with van der Waals surface area (Å²) in [6.07, 6.45) is 3.25. The first kappa shape index (κ1) is 21.2. The predicted octanol–water partition coefficient (Wildman–Crippen LogP) is 4.72. The molecule has 6 rings (SSSR count). The molecular formula is C26H17N3O5S. The third-order valence-corrected chi connectivity index (χ3v) is 6.89. The molecule has 5 aromatic rings. The number of anilines is 1. The Morgan fingerprint density at radius 3 is 2.80 bits per heavy atom. The second kappa shape index (κ2) is 8.14. The SMILES string of the molecule is CCOC(=O)c1ccc2nc(N3C(=O)c4oc5ccccc5c(=O)c4[C@H]3c3cccnc3)sc2c1. The van der Waals surface area contributed by atoms with Gasteiger partial charge in [0.15, 0.2) is 10.6 Å². The van der Waals surface area contributed by atoms with Crippen molar-refractivity contribution in [2.45, 2.75) is 13.0 Å². The monoisotopic (exact) mass is 483 g/mol. The molecule has 0 unspecified atom stereocenters. The summed E-state index contributed by atoms with van der Waals surface area (Å²) >= 11 is 1.25. The molecule has 0 aliphatic carbocycles. The van der Waals surface area contributed by atoms with E-state index < -0.39 is 17.9 Å². The number of pyridine rings is 1. The maximum absolute atomic E-state index is 13.7. The van der Waals surface area contributed by atoms with Gasteiger partial charge in [-0.3, -0.25) is 19.5 Å². The van der Waals surface area contributed by atoms with Crippen LogP contribution in [-0.4, -0.2) is 28.5 Å². The van der Waals surface area contributed by atoms with E-state index in [1.54, 1.807) is 67.8 Å². The summed E-state index contributed by atoms with van der Waals surface area (Å²) in [5.41, 5.74) is 2.02. The van der Waals surface area contributed by atoms with Crippen molar-refractivity contribution in [1.82, 2.24) is 9.97 Å². The number of para-hydroxylation sites is 1. The molecule has 1 aliphatic rings. The third kappa shape index (κ3) is 3.31. The molecule has 0 radical (unpaired) electrons. The fraction of sp³-hybridized carbons (Fsp3) is 0.115. The molecule has 1 aliphatic heterocycles. The lowest BCUT2D eigenvalue weighted by Gasteiger charge is -2.22. The molecule has 0 spiro atoms. The topological polar surface area (TPSA) is 103 Å². The minimum atomic E-state index is -0.753. The predicted molar refractivity (Wildman–Crippen MR) is 131 cm³/mol. The number of fused-ring (bicyclic) bond motifs is 3. The normalized spacial score (nSPS) is 15.1. The number of rotatable bonds is 4. The smallest absolute Gasteiger partial charge is 0.338 e. The fourth-order valence-electron chi connectivity index (χ4n) is 4.33. The lowest BCUT2D eigenvalue weighted by molar-refractivity contribution is 0.0526. The van der Waals surface area contributed by atoms with Gasteiger partial charge in [0.1, 0.15) is 5.58 Å². The zero-order chi connectivity index (χ0) is 24.1. The Labute approximate surface area is 202 Å². The molecule has 172 valence electrons. The van der Waals surface area contributed by atoms with E-state index in [4.69, 9.17) is 9.15 Å². The molecule has 0 saturated carbocycles. The van der Waals surface area contributed by atoms with Gasteiger partial charge >= 0.3 is 5.97 Å². The Bertz CT molecular complexity index is 1690. The molecule has 1 amide bonds. The molecule has 9 heteroatoms. The number of amides is 1. The summed E-state index contributed by atoms with van der Waals surface area (Å²) in [5, 5.41) is 0.785. The summed E-state index contributed by atoms with van der Waals surface area (Å²) < 4.78 is 11.8. The number of ether oxygens (including phenoxy) is 1. The Kier molecular flexibility index (Phi) is 4.93. The van der Waals surface area contributed by atoms with Crippen LogP contribution in [0.3, 0.4) is 0 Å². The average molecular weight is 484 g/mol. The van der Waals surface area contributed by atoms with E-state index in [0.29, 0.717) is 37.4 Å². The molecule has 0 fully saturated rings. The van der Waals surface area contributed by atoms with Gasteiger partial charge in [0.25, 0.3) is 5.91 Å². The highest BCUT2D eigenvalue weighted by molar-refractivity contribution is 7.22. The number of aromatic nitrogens is 2. The van der Waals surface area contributed by atoms with Crippen LogP contribution in [0.15, 0.2) is 76.2 Å². The number of nitrogens with zero attached hydrogens (tertiary/aromatic N) is 3. The summed E-state index contributed by atoms with van der Waals surface area (Å²) in [6, 6.07) is 14.7. The molecule has 0 bridgehead atoms. The van der Waals surface area contributed by atoms with Crippen molar-refractivity contribution >= 4 is 49.5 Å². The van der Waals surface area contributed by atoms with E-state index in [0.717, 1.165) is 0 Å². The van der Waals surface area contributed by atoms with Gasteiger partial charge in [-0.1, -0.05) is 29.5 Å². The van der Waals surface area contributed by atoms with Gasteiger partial charge in [0.2, 0.25) is 5.76 Å². The molecule has 8 nitrogen and oxygen atoms in total. The van der Waals surface area contributed by atoms with Gasteiger partial charge in [-0.05, 0) is 48.9 Å². The minimum absolute atomic E-state index is 0.00554. The highest BCUT2D eigenvalue weighted by Gasteiger charge is 2.45. The number of hydrogen-bond donors (Lipinski definition) is 0. The number of esters is 1. The highest BCUT2D eigenvalue weighted by atomic mass is 32.1. The van der Waals surface area contributed by atoms with Gasteiger partial charge in [0.05, 0.1) is 39.4 Å². The van der Waals surface area contributed by atoms with Crippen molar-refractivity contribution in [3.8, 4) is 0 Å². The second-order valence-corrected chi connectivity index (χ2v) is 8.94. The molecular weight excluding hydrogens is 466 g/mol. The molecule has 0 N–H and O–H groups in total. The number of thiazole rings is 1. The maximum Gasteiger partial charge on any atom is 0.338 e. The molecule has 1 atom stereocenters. The zero-order valence-corrected chi connectivity index (χ0v) is 19.2. The van der Waals surface area contributed by atoms with Crippen molar-refractivity contribution in [3.63, 3.8) is 0 Å². The van der Waals surface area contributed by atoms with Crippen molar-refractivity contribution in [1.29, 1.82) is 0 Å². The van der Waals surface area contributed by atoms with E-state index in [2.05, 4.69) is 9.97 Å². The quantitative estimate of drug-likeness (QED) is 0.341. The Balaban J connectivity index is 1.55. The van der Waals surface area contributed by atoms with E-state index in [-0.39, 0.29) is 23.4 Å². The summed E-state index contributed by atoms with van der Waals surface area (Å²) in [4.78, 5) is 49.7. The van der Waals surface area contributed by atoms with Crippen LogP contribution in [0, 0.1) is 0 Å². The number of carbonyl (C=O) groups excluding carboxylic acids is 2. The first-order valence-corrected chi connectivity index (χ1v) is 11.8. The highest BCUT2D eigenvalue weighted by Crippen LogP contribution is 2.43. The number of benzene rings is 2. The van der Waals surface area contributed by atoms with Crippen molar-refractivity contribution < 1.29 is 18.7 Å². The fourth-order valence-corrected chi connectivity index (χ4v) is 5.36. The first-order chi connectivity index (χ1) is 17.1. The van der Waals surface area contributed by atoms with E-state index in [1.807, 2.05) is 6.07 Å². The number of hydrogen-bond acceptors (Lipinski definition) is 8. The van der Waals surface area contributed by atoms with Gasteiger partial charge in [-0.2, -0.15) is 0 Å². The average Bonchev–Trinajstić information content (AvgIpc) is 3.43. The van der Waals surface area contributed by atoms with Gasteiger partial charge in [-0.15, -0.1) is 0 Å². The van der Waals surface area contributed by atoms with Gasteiger partial charge < -0.3 is 9.15 Å². The lowest BCUT2D eigenvalue weighted by atomic mass is 10.0. The van der Waals surface area contributed by atoms with Crippen molar-refractivity contribution in [3.05, 3.63) is 99.7 Å². The van der Waals surface area contributed by atoms with Crippen LogP contribution in [0.1, 0.15) is 45.0 Å². The molecule has 0 saturated heterocycles. The minimum Gasteiger partial charge on any atom is -0.462 e. The molecule has 3 aromatic heterocycles. The van der Waals surface area contributed by atoms with E-state index in [1.165, 1.54) is 16.2 Å². The number of carbonyl (C=O) groups is 2. The van der Waals surface area contributed by atoms with Crippen LogP contribution in [0.5, 0.6) is 0 Å². The van der Waals surface area contributed by atoms with Crippen LogP contribution < -0.4 is 10.3 Å². The van der Waals surface area contributed by atoms with Crippen molar-refractivity contribution in [2.24, 2.45) is 0 Å². The zero-order valence-electron chi connectivity index (χ0n) is 18.4. The summed E-state index contributed by atoms with van der Waals surface area (Å²) in [6.45, 7) is 2.02. The molecule has 35 heavy (non-hydrogen) atoms. The third-order valence-electron chi connectivity index (χ3n) is 5.87.